The van der Waals surface area contributed by atoms with Crippen molar-refractivity contribution < 1.29 is 0 Å². The lowest BCUT2D eigenvalue weighted by atomic mass is 10.4. The van der Waals surface area contributed by atoms with Crippen LogP contribution in [0.5, 0.6) is 0 Å². The first-order valence-electron chi connectivity index (χ1n) is 2.73. The first kappa shape index (κ1) is 7.63. The SMILES string of the molecule is CNc1cc(Cl)cc(Cl)n1. The fraction of sp³-hybridized carbons (Fsp3) is 0.167. The lowest BCUT2D eigenvalue weighted by molar-refractivity contribution is 1.29. The van der Waals surface area contributed by atoms with E-state index in [2.05, 4.69) is 10.3 Å². The van der Waals surface area contributed by atoms with Gasteiger partial charge >= 0.3 is 0 Å². The molecule has 4 heteroatoms. The Labute approximate surface area is 69.2 Å². The van der Waals surface area contributed by atoms with E-state index in [0.717, 1.165) is 0 Å². The molecule has 1 aromatic rings. The molecule has 1 rings (SSSR count). The summed E-state index contributed by atoms with van der Waals surface area (Å²) in [6.45, 7) is 0. The molecular weight excluding hydrogens is 171 g/mol. The predicted molar refractivity (Wildman–Crippen MR) is 43.8 cm³/mol. The van der Waals surface area contributed by atoms with Gasteiger partial charge < -0.3 is 5.32 Å². The zero-order valence-electron chi connectivity index (χ0n) is 5.36. The summed E-state index contributed by atoms with van der Waals surface area (Å²) in [6.07, 6.45) is 0. The van der Waals surface area contributed by atoms with Crippen LogP contribution in [0.1, 0.15) is 0 Å². The molecule has 0 fully saturated rings. The van der Waals surface area contributed by atoms with Crippen molar-refractivity contribution in [2.24, 2.45) is 0 Å². The lowest BCUT2D eigenvalue weighted by Gasteiger charge is -1.98. The molecule has 1 aromatic heterocycles. The van der Waals surface area contributed by atoms with E-state index in [-0.39, 0.29) is 0 Å². The molecule has 10 heavy (non-hydrogen) atoms. The van der Waals surface area contributed by atoms with E-state index in [1.807, 2.05) is 0 Å². The van der Waals surface area contributed by atoms with Gasteiger partial charge in [0.1, 0.15) is 11.0 Å². The Hall–Kier alpha value is -0.470. The molecule has 0 aliphatic heterocycles. The van der Waals surface area contributed by atoms with E-state index >= 15 is 0 Å². The van der Waals surface area contributed by atoms with Crippen LogP contribution in [0.4, 0.5) is 5.82 Å². The molecule has 1 heterocycles. The van der Waals surface area contributed by atoms with Gasteiger partial charge in [0.25, 0.3) is 0 Å². The number of aromatic nitrogens is 1. The zero-order chi connectivity index (χ0) is 7.56. The molecule has 0 aliphatic rings. The third-order valence-electron chi connectivity index (χ3n) is 1.01. The number of nitrogens with one attached hydrogen (secondary N) is 1. The first-order chi connectivity index (χ1) is 4.72. The van der Waals surface area contributed by atoms with Crippen molar-refractivity contribution in [2.75, 3.05) is 12.4 Å². The van der Waals surface area contributed by atoms with E-state index in [9.17, 15) is 0 Å². The number of pyridine rings is 1. The quantitative estimate of drug-likeness (QED) is 0.666. The van der Waals surface area contributed by atoms with E-state index in [1.165, 1.54) is 0 Å². The normalized spacial score (nSPS) is 9.50. The molecule has 0 radical (unpaired) electrons. The summed E-state index contributed by atoms with van der Waals surface area (Å²) in [5, 5.41) is 3.82. The molecule has 0 amide bonds. The van der Waals surface area contributed by atoms with E-state index in [0.29, 0.717) is 16.0 Å². The smallest absolute Gasteiger partial charge is 0.132 e. The van der Waals surface area contributed by atoms with Crippen molar-refractivity contribution >= 4 is 29.0 Å². The third kappa shape index (κ3) is 1.75. The van der Waals surface area contributed by atoms with Crippen LogP contribution in [0.2, 0.25) is 10.2 Å². The molecule has 0 bridgehead atoms. The molecular formula is C6H6Cl2N2. The van der Waals surface area contributed by atoms with Crippen LogP contribution >= 0.6 is 23.2 Å². The van der Waals surface area contributed by atoms with Gasteiger partial charge in [0.05, 0.1) is 0 Å². The van der Waals surface area contributed by atoms with Gasteiger partial charge in [-0.15, -0.1) is 0 Å². The molecule has 0 atom stereocenters. The number of anilines is 1. The second kappa shape index (κ2) is 3.08. The van der Waals surface area contributed by atoms with Gasteiger partial charge in [0.2, 0.25) is 0 Å². The first-order valence-corrected chi connectivity index (χ1v) is 3.49. The van der Waals surface area contributed by atoms with Crippen molar-refractivity contribution in [2.45, 2.75) is 0 Å². The van der Waals surface area contributed by atoms with Gasteiger partial charge in [-0.2, -0.15) is 0 Å². The minimum atomic E-state index is 0.400. The maximum absolute atomic E-state index is 5.66. The average molecular weight is 177 g/mol. The highest BCUT2D eigenvalue weighted by molar-refractivity contribution is 6.34. The second-order valence-electron chi connectivity index (χ2n) is 1.74. The largest absolute Gasteiger partial charge is 0.373 e. The van der Waals surface area contributed by atoms with Crippen LogP contribution < -0.4 is 5.32 Å². The monoisotopic (exact) mass is 176 g/mol. The predicted octanol–water partition coefficient (Wildman–Crippen LogP) is 2.43. The maximum atomic E-state index is 5.66. The van der Waals surface area contributed by atoms with Crippen LogP contribution in [0.25, 0.3) is 0 Å². The van der Waals surface area contributed by atoms with Crippen LogP contribution in [0.3, 0.4) is 0 Å². The molecule has 0 aromatic carbocycles. The Kier molecular flexibility index (Phi) is 2.35. The topological polar surface area (TPSA) is 24.9 Å². The highest BCUT2D eigenvalue weighted by Gasteiger charge is 1.95. The van der Waals surface area contributed by atoms with Crippen molar-refractivity contribution in [3.05, 3.63) is 22.3 Å². The summed E-state index contributed by atoms with van der Waals surface area (Å²) in [5.41, 5.74) is 0. The molecule has 1 N–H and O–H groups in total. The van der Waals surface area contributed by atoms with Gasteiger partial charge in [-0.3, -0.25) is 0 Å². The van der Waals surface area contributed by atoms with E-state index < -0.39 is 0 Å². The van der Waals surface area contributed by atoms with Gasteiger partial charge in [0.15, 0.2) is 0 Å². The Morgan fingerprint density at radius 1 is 1.40 bits per heavy atom. The average Bonchev–Trinajstić information content (AvgIpc) is 1.85. The van der Waals surface area contributed by atoms with Crippen LogP contribution in [-0.4, -0.2) is 12.0 Å². The zero-order valence-corrected chi connectivity index (χ0v) is 6.87. The maximum Gasteiger partial charge on any atom is 0.132 e. The van der Waals surface area contributed by atoms with E-state index in [1.54, 1.807) is 19.2 Å². The molecule has 0 spiro atoms. The number of hydrogen-bond donors (Lipinski definition) is 1. The summed E-state index contributed by atoms with van der Waals surface area (Å²) in [5.74, 6) is 0.678. The Balaban J connectivity index is 3.06. The molecule has 54 valence electrons. The summed E-state index contributed by atoms with van der Waals surface area (Å²) < 4.78 is 0. The molecule has 2 nitrogen and oxygen atoms in total. The number of nitrogens with zero attached hydrogens (tertiary/aromatic N) is 1. The van der Waals surface area contributed by atoms with Gasteiger partial charge in [0, 0.05) is 12.1 Å². The van der Waals surface area contributed by atoms with Crippen LogP contribution in [0, 0.1) is 0 Å². The van der Waals surface area contributed by atoms with Crippen molar-refractivity contribution in [3.8, 4) is 0 Å². The Morgan fingerprint density at radius 3 is 2.60 bits per heavy atom. The van der Waals surface area contributed by atoms with Crippen LogP contribution in [-0.2, 0) is 0 Å². The van der Waals surface area contributed by atoms with Crippen LogP contribution in [0.15, 0.2) is 12.1 Å². The summed E-state index contributed by atoms with van der Waals surface area (Å²) >= 11 is 11.3. The Morgan fingerprint density at radius 2 is 2.10 bits per heavy atom. The number of halogens is 2. The summed E-state index contributed by atoms with van der Waals surface area (Å²) in [7, 11) is 1.76. The molecule has 0 unspecified atom stereocenters. The van der Waals surface area contributed by atoms with Gasteiger partial charge in [-0.1, -0.05) is 23.2 Å². The highest BCUT2D eigenvalue weighted by Crippen LogP contribution is 2.17. The van der Waals surface area contributed by atoms with Crippen molar-refractivity contribution in [1.29, 1.82) is 0 Å². The highest BCUT2D eigenvalue weighted by atomic mass is 35.5. The summed E-state index contributed by atoms with van der Waals surface area (Å²) in [6, 6.07) is 3.29. The van der Waals surface area contributed by atoms with Gasteiger partial charge in [-0.25, -0.2) is 4.98 Å². The second-order valence-corrected chi connectivity index (χ2v) is 2.57. The minimum Gasteiger partial charge on any atom is -0.373 e. The van der Waals surface area contributed by atoms with Crippen molar-refractivity contribution in [1.82, 2.24) is 4.98 Å². The standard InChI is InChI=1S/C6H6Cl2N2/c1-9-6-3-4(7)2-5(8)10-6/h2-3H,1H3,(H,9,10). The molecule has 0 aliphatic carbocycles. The minimum absolute atomic E-state index is 0.400. The van der Waals surface area contributed by atoms with E-state index in [4.69, 9.17) is 23.2 Å². The molecule has 0 saturated heterocycles. The Bertz CT molecular complexity index is 217. The summed E-state index contributed by atoms with van der Waals surface area (Å²) in [4.78, 5) is 3.92. The van der Waals surface area contributed by atoms with Gasteiger partial charge in [-0.05, 0) is 12.1 Å². The number of hydrogen-bond acceptors (Lipinski definition) is 2. The molecule has 0 saturated carbocycles. The lowest BCUT2D eigenvalue weighted by Crippen LogP contribution is -1.91. The fourth-order valence-corrected chi connectivity index (χ4v) is 1.06. The number of rotatable bonds is 1. The third-order valence-corrected chi connectivity index (χ3v) is 1.43. The van der Waals surface area contributed by atoms with Crippen molar-refractivity contribution in [3.63, 3.8) is 0 Å². The fourth-order valence-electron chi connectivity index (χ4n) is 0.594.